The molecule has 3 nitrogen and oxygen atoms in total. The predicted octanol–water partition coefficient (Wildman–Crippen LogP) is 3.92. The molecule has 0 heterocycles. The first-order valence-electron chi connectivity index (χ1n) is 5.55. The zero-order chi connectivity index (χ0) is 13.5. The second-order valence-corrected chi connectivity index (χ2v) is 4.57. The summed E-state index contributed by atoms with van der Waals surface area (Å²) in [5, 5.41) is 6.20. The summed E-state index contributed by atoms with van der Waals surface area (Å²) in [6, 6.07) is 4.16. The van der Waals surface area contributed by atoms with Crippen LogP contribution in [0.1, 0.15) is 19.8 Å². The molecule has 1 aromatic carbocycles. The lowest BCUT2D eigenvalue weighted by molar-refractivity contribution is 0.250. The molecule has 0 saturated heterocycles. The van der Waals surface area contributed by atoms with Gasteiger partial charge in [0.25, 0.3) is 0 Å². The molecule has 18 heavy (non-hydrogen) atoms. The summed E-state index contributed by atoms with van der Waals surface area (Å²) in [6.07, 6.45) is 6.94. The number of halogens is 2. The molecule has 5 heteroatoms. The van der Waals surface area contributed by atoms with Gasteiger partial charge in [0.1, 0.15) is 0 Å². The van der Waals surface area contributed by atoms with Crippen molar-refractivity contribution in [1.29, 1.82) is 0 Å². The molecule has 1 unspecified atom stereocenters. The van der Waals surface area contributed by atoms with E-state index in [9.17, 15) is 4.79 Å². The average molecular weight is 285 g/mol. The van der Waals surface area contributed by atoms with Crippen LogP contribution in [0.4, 0.5) is 10.5 Å². The van der Waals surface area contributed by atoms with Crippen LogP contribution < -0.4 is 10.6 Å². The van der Waals surface area contributed by atoms with Crippen molar-refractivity contribution in [1.82, 2.24) is 5.32 Å². The van der Waals surface area contributed by atoms with Crippen molar-refractivity contribution < 1.29 is 4.79 Å². The summed E-state index contributed by atoms with van der Waals surface area (Å²) in [6.45, 7) is 2.00. The Morgan fingerprint density at radius 1 is 1.50 bits per heavy atom. The van der Waals surface area contributed by atoms with Crippen LogP contribution in [0.5, 0.6) is 0 Å². The van der Waals surface area contributed by atoms with Gasteiger partial charge in [0, 0.05) is 5.02 Å². The van der Waals surface area contributed by atoms with Crippen LogP contribution in [0.15, 0.2) is 18.2 Å². The monoisotopic (exact) mass is 284 g/mol. The van der Waals surface area contributed by atoms with E-state index < -0.39 is 6.03 Å². The molecule has 0 bridgehead atoms. The van der Waals surface area contributed by atoms with E-state index >= 15 is 0 Å². The maximum absolute atomic E-state index is 11.7. The van der Waals surface area contributed by atoms with Gasteiger partial charge in [-0.1, -0.05) is 42.5 Å². The van der Waals surface area contributed by atoms with Gasteiger partial charge >= 0.3 is 6.03 Å². The number of anilines is 1. The molecule has 1 rings (SSSR count). The van der Waals surface area contributed by atoms with Gasteiger partial charge in [-0.2, -0.15) is 0 Å². The van der Waals surface area contributed by atoms with Gasteiger partial charge in [0.15, 0.2) is 0 Å². The second-order valence-electron chi connectivity index (χ2n) is 3.73. The Bertz CT molecular complexity index is 469. The minimum Gasteiger partial charge on any atom is -0.324 e. The topological polar surface area (TPSA) is 41.1 Å². The maximum Gasteiger partial charge on any atom is 0.320 e. The highest BCUT2D eigenvalue weighted by Crippen LogP contribution is 2.25. The van der Waals surface area contributed by atoms with E-state index in [1.165, 1.54) is 0 Å². The summed E-state index contributed by atoms with van der Waals surface area (Å²) < 4.78 is 0. The third kappa shape index (κ3) is 4.48. The van der Waals surface area contributed by atoms with Crippen molar-refractivity contribution in [3.8, 4) is 12.3 Å². The van der Waals surface area contributed by atoms with Crippen LogP contribution in [0.3, 0.4) is 0 Å². The van der Waals surface area contributed by atoms with Gasteiger partial charge in [-0.25, -0.2) is 4.79 Å². The molecular weight excluding hydrogens is 271 g/mol. The van der Waals surface area contributed by atoms with Gasteiger partial charge < -0.3 is 10.6 Å². The number of carbonyl (C=O) groups is 1. The molecule has 2 N–H and O–H groups in total. The van der Waals surface area contributed by atoms with Crippen molar-refractivity contribution in [3.63, 3.8) is 0 Å². The van der Waals surface area contributed by atoms with E-state index in [0.29, 0.717) is 15.7 Å². The molecule has 2 amide bonds. The molecule has 0 saturated carbocycles. The summed E-state index contributed by atoms with van der Waals surface area (Å²) in [5.41, 5.74) is 0.453. The molecule has 0 radical (unpaired) electrons. The Balaban J connectivity index is 2.64. The molecule has 0 spiro atoms. The highest BCUT2D eigenvalue weighted by molar-refractivity contribution is 6.35. The maximum atomic E-state index is 11.7. The van der Waals surface area contributed by atoms with Crippen LogP contribution in [0, 0.1) is 12.3 Å². The summed E-state index contributed by atoms with van der Waals surface area (Å²) >= 11 is 11.8. The van der Waals surface area contributed by atoms with Crippen LogP contribution in [0.25, 0.3) is 0 Å². The Kier molecular flexibility index (Phi) is 5.84. The minimum absolute atomic E-state index is 0.284. The third-order valence-electron chi connectivity index (χ3n) is 2.26. The lowest BCUT2D eigenvalue weighted by Crippen LogP contribution is -2.37. The van der Waals surface area contributed by atoms with Crippen LogP contribution >= 0.6 is 23.2 Å². The van der Waals surface area contributed by atoms with Crippen molar-refractivity contribution in [3.05, 3.63) is 28.2 Å². The quantitative estimate of drug-likeness (QED) is 0.809. The molecular formula is C13H14Cl2N2O. The molecule has 0 aromatic heterocycles. The average Bonchev–Trinajstić information content (AvgIpc) is 2.33. The fraction of sp³-hybridized carbons (Fsp3) is 0.308. The molecule has 96 valence electrons. The summed E-state index contributed by atoms with van der Waals surface area (Å²) in [5.74, 6) is 2.51. The van der Waals surface area contributed by atoms with E-state index in [1.807, 2.05) is 6.92 Å². The van der Waals surface area contributed by atoms with Crippen LogP contribution in [0.2, 0.25) is 10.0 Å². The fourth-order valence-electron chi connectivity index (χ4n) is 1.40. The number of nitrogens with one attached hydrogen (secondary N) is 2. The molecule has 0 aliphatic carbocycles. The SMILES string of the molecule is C#CC(CCC)NC(=O)Nc1cc(Cl)ccc1Cl. The van der Waals surface area contributed by atoms with Gasteiger partial charge in [0.05, 0.1) is 16.8 Å². The lowest BCUT2D eigenvalue weighted by atomic mass is 10.2. The zero-order valence-corrected chi connectivity index (χ0v) is 11.5. The highest BCUT2D eigenvalue weighted by atomic mass is 35.5. The van der Waals surface area contributed by atoms with Gasteiger partial charge in [-0.05, 0) is 24.6 Å². The van der Waals surface area contributed by atoms with Crippen LogP contribution in [-0.2, 0) is 0 Å². The summed E-state index contributed by atoms with van der Waals surface area (Å²) in [7, 11) is 0. The van der Waals surface area contributed by atoms with E-state index in [-0.39, 0.29) is 6.04 Å². The molecule has 0 fully saturated rings. The van der Waals surface area contributed by atoms with Crippen LogP contribution in [-0.4, -0.2) is 12.1 Å². The Morgan fingerprint density at radius 2 is 2.22 bits per heavy atom. The lowest BCUT2D eigenvalue weighted by Gasteiger charge is -2.13. The number of amides is 2. The van der Waals surface area contributed by atoms with E-state index in [1.54, 1.807) is 18.2 Å². The van der Waals surface area contributed by atoms with Crippen molar-refractivity contribution >= 4 is 34.9 Å². The molecule has 0 aliphatic heterocycles. The third-order valence-corrected chi connectivity index (χ3v) is 2.83. The Hall–Kier alpha value is -1.37. The first-order chi connectivity index (χ1) is 8.56. The van der Waals surface area contributed by atoms with Crippen molar-refractivity contribution in [2.75, 3.05) is 5.32 Å². The van der Waals surface area contributed by atoms with Gasteiger partial charge in [-0.3, -0.25) is 0 Å². The predicted molar refractivity (Wildman–Crippen MR) is 76.1 cm³/mol. The summed E-state index contributed by atoms with van der Waals surface area (Å²) in [4.78, 5) is 11.7. The number of hydrogen-bond donors (Lipinski definition) is 2. The van der Waals surface area contributed by atoms with E-state index in [4.69, 9.17) is 29.6 Å². The number of terminal acetylenes is 1. The normalized spacial score (nSPS) is 11.4. The Morgan fingerprint density at radius 3 is 2.83 bits per heavy atom. The number of hydrogen-bond acceptors (Lipinski definition) is 1. The zero-order valence-electron chi connectivity index (χ0n) is 9.97. The molecule has 0 aliphatic rings. The number of benzene rings is 1. The first kappa shape index (κ1) is 14.7. The first-order valence-corrected chi connectivity index (χ1v) is 6.31. The van der Waals surface area contributed by atoms with Gasteiger partial charge in [0.2, 0.25) is 0 Å². The molecule has 1 aromatic rings. The van der Waals surface area contributed by atoms with E-state index in [0.717, 1.165) is 12.8 Å². The highest BCUT2D eigenvalue weighted by Gasteiger charge is 2.10. The largest absolute Gasteiger partial charge is 0.324 e. The standard InChI is InChI=1S/C13H14Cl2N2O/c1-3-5-10(4-2)16-13(18)17-12-8-9(14)6-7-11(12)15/h2,6-8,10H,3,5H2,1H3,(H2,16,17,18). The van der Waals surface area contributed by atoms with Crippen molar-refractivity contribution in [2.45, 2.75) is 25.8 Å². The minimum atomic E-state index is -0.393. The molecule has 1 atom stereocenters. The number of rotatable bonds is 4. The van der Waals surface area contributed by atoms with Gasteiger partial charge in [-0.15, -0.1) is 6.42 Å². The second kappa shape index (κ2) is 7.15. The smallest absolute Gasteiger partial charge is 0.320 e. The van der Waals surface area contributed by atoms with E-state index in [2.05, 4.69) is 16.6 Å². The Labute approximate surface area is 117 Å². The number of carbonyl (C=O) groups excluding carboxylic acids is 1. The number of urea groups is 1. The fourth-order valence-corrected chi connectivity index (χ4v) is 1.73. The van der Waals surface area contributed by atoms with Crippen molar-refractivity contribution in [2.24, 2.45) is 0 Å².